The normalized spacial score (nSPS) is 17.4. The predicted octanol–water partition coefficient (Wildman–Crippen LogP) is 2.62. The summed E-state index contributed by atoms with van der Waals surface area (Å²) in [5.74, 6) is 0.701. The number of amides is 1. The van der Waals surface area contributed by atoms with E-state index < -0.39 is 0 Å². The molecule has 1 aliphatic rings. The van der Waals surface area contributed by atoms with Crippen molar-refractivity contribution >= 4 is 11.6 Å². The lowest BCUT2D eigenvalue weighted by Crippen LogP contribution is -2.45. The zero-order chi connectivity index (χ0) is 14.7. The van der Waals surface area contributed by atoms with Gasteiger partial charge in [0.1, 0.15) is 0 Å². The first-order valence-corrected chi connectivity index (χ1v) is 7.06. The van der Waals surface area contributed by atoms with Crippen LogP contribution in [-0.4, -0.2) is 29.9 Å². The van der Waals surface area contributed by atoms with Crippen molar-refractivity contribution in [3.63, 3.8) is 0 Å². The standard InChI is InChI=1S/C16H21N3O/c1-11(14-7-8-14)19(3)12(2)16(20)18-15-6-4-5-13(9-15)10-17/h4-6,9,11-12,14H,7-8H2,1-3H3,(H,18,20). The predicted molar refractivity (Wildman–Crippen MR) is 79.2 cm³/mol. The van der Waals surface area contributed by atoms with E-state index in [0.29, 0.717) is 17.3 Å². The fourth-order valence-corrected chi connectivity index (χ4v) is 2.36. The third-order valence-electron chi connectivity index (χ3n) is 4.20. The van der Waals surface area contributed by atoms with E-state index in [4.69, 9.17) is 5.26 Å². The molecule has 0 heterocycles. The van der Waals surface area contributed by atoms with Crippen molar-refractivity contribution in [2.45, 2.75) is 38.8 Å². The number of likely N-dealkylation sites (N-methyl/N-ethyl adjacent to an activating group) is 1. The summed E-state index contributed by atoms with van der Waals surface area (Å²) in [7, 11) is 2.00. The molecule has 4 heteroatoms. The Bertz CT molecular complexity index is 531. The Hall–Kier alpha value is -1.86. The van der Waals surface area contributed by atoms with E-state index in [-0.39, 0.29) is 11.9 Å². The maximum Gasteiger partial charge on any atom is 0.241 e. The lowest BCUT2D eigenvalue weighted by atomic mass is 10.1. The van der Waals surface area contributed by atoms with Crippen LogP contribution in [0.1, 0.15) is 32.3 Å². The van der Waals surface area contributed by atoms with Crippen molar-refractivity contribution in [1.82, 2.24) is 4.90 Å². The summed E-state index contributed by atoms with van der Waals surface area (Å²) in [6, 6.07) is 9.31. The van der Waals surface area contributed by atoms with Gasteiger partial charge in [-0.25, -0.2) is 0 Å². The number of anilines is 1. The van der Waals surface area contributed by atoms with Crippen molar-refractivity contribution < 1.29 is 4.79 Å². The molecule has 20 heavy (non-hydrogen) atoms. The first-order valence-electron chi connectivity index (χ1n) is 7.06. The molecule has 2 atom stereocenters. The molecule has 0 saturated heterocycles. The highest BCUT2D eigenvalue weighted by Crippen LogP contribution is 2.35. The van der Waals surface area contributed by atoms with E-state index in [2.05, 4.69) is 23.2 Å². The minimum Gasteiger partial charge on any atom is -0.325 e. The smallest absolute Gasteiger partial charge is 0.241 e. The average molecular weight is 271 g/mol. The highest BCUT2D eigenvalue weighted by molar-refractivity contribution is 5.94. The van der Waals surface area contributed by atoms with Crippen LogP contribution in [0.5, 0.6) is 0 Å². The van der Waals surface area contributed by atoms with Gasteiger partial charge in [0.25, 0.3) is 0 Å². The molecule has 1 saturated carbocycles. The summed E-state index contributed by atoms with van der Waals surface area (Å²) in [6.07, 6.45) is 2.54. The number of rotatable bonds is 5. The highest BCUT2D eigenvalue weighted by atomic mass is 16.2. The maximum atomic E-state index is 12.3. The summed E-state index contributed by atoms with van der Waals surface area (Å²) >= 11 is 0. The fourth-order valence-electron chi connectivity index (χ4n) is 2.36. The van der Waals surface area contributed by atoms with Crippen molar-refractivity contribution in [2.24, 2.45) is 5.92 Å². The van der Waals surface area contributed by atoms with Crippen molar-refractivity contribution in [1.29, 1.82) is 5.26 Å². The van der Waals surface area contributed by atoms with Crippen LogP contribution in [0.4, 0.5) is 5.69 Å². The lowest BCUT2D eigenvalue weighted by molar-refractivity contribution is -0.121. The molecule has 0 radical (unpaired) electrons. The van der Waals surface area contributed by atoms with Crippen LogP contribution >= 0.6 is 0 Å². The summed E-state index contributed by atoms with van der Waals surface area (Å²) in [4.78, 5) is 14.4. The molecule has 1 fully saturated rings. The van der Waals surface area contributed by atoms with E-state index in [1.165, 1.54) is 12.8 Å². The Morgan fingerprint density at radius 3 is 2.75 bits per heavy atom. The van der Waals surface area contributed by atoms with E-state index in [0.717, 1.165) is 5.92 Å². The number of benzene rings is 1. The number of carbonyl (C=O) groups excluding carboxylic acids is 1. The number of hydrogen-bond donors (Lipinski definition) is 1. The number of carbonyl (C=O) groups is 1. The molecule has 0 aromatic heterocycles. The summed E-state index contributed by atoms with van der Waals surface area (Å²) < 4.78 is 0. The number of nitriles is 1. The van der Waals surface area contributed by atoms with Gasteiger partial charge < -0.3 is 5.32 Å². The van der Waals surface area contributed by atoms with Gasteiger partial charge in [-0.3, -0.25) is 9.69 Å². The van der Waals surface area contributed by atoms with Gasteiger partial charge >= 0.3 is 0 Å². The van der Waals surface area contributed by atoms with Gasteiger partial charge in [-0.1, -0.05) is 6.07 Å². The molecule has 0 aliphatic heterocycles. The van der Waals surface area contributed by atoms with Gasteiger partial charge in [0.2, 0.25) is 5.91 Å². The van der Waals surface area contributed by atoms with E-state index in [1.807, 2.05) is 14.0 Å². The molecule has 0 spiro atoms. The summed E-state index contributed by atoms with van der Waals surface area (Å²) in [6.45, 7) is 4.10. The van der Waals surface area contributed by atoms with E-state index >= 15 is 0 Å². The molecular weight excluding hydrogens is 250 g/mol. The molecule has 2 unspecified atom stereocenters. The Morgan fingerprint density at radius 2 is 2.15 bits per heavy atom. The molecule has 1 N–H and O–H groups in total. The minimum absolute atomic E-state index is 0.0323. The molecule has 4 nitrogen and oxygen atoms in total. The fraction of sp³-hybridized carbons (Fsp3) is 0.500. The highest BCUT2D eigenvalue weighted by Gasteiger charge is 2.33. The Balaban J connectivity index is 1.98. The van der Waals surface area contributed by atoms with Gasteiger partial charge in [0.15, 0.2) is 0 Å². The first-order chi connectivity index (χ1) is 9.52. The van der Waals surface area contributed by atoms with Crippen LogP contribution in [0.25, 0.3) is 0 Å². The molecular formula is C16H21N3O. The van der Waals surface area contributed by atoms with Crippen molar-refractivity contribution in [3.05, 3.63) is 29.8 Å². The molecule has 1 aromatic rings. The first kappa shape index (κ1) is 14.5. The minimum atomic E-state index is -0.184. The van der Waals surface area contributed by atoms with Crippen molar-refractivity contribution in [3.8, 4) is 6.07 Å². The van der Waals surface area contributed by atoms with Crippen LogP contribution in [-0.2, 0) is 4.79 Å². The molecule has 1 aromatic carbocycles. The lowest BCUT2D eigenvalue weighted by Gasteiger charge is -2.30. The molecule has 1 amide bonds. The maximum absolute atomic E-state index is 12.3. The molecule has 0 bridgehead atoms. The monoisotopic (exact) mass is 271 g/mol. The number of nitrogens with one attached hydrogen (secondary N) is 1. The third kappa shape index (κ3) is 3.37. The Labute approximate surface area is 120 Å². The zero-order valence-electron chi connectivity index (χ0n) is 12.3. The number of nitrogens with zero attached hydrogens (tertiary/aromatic N) is 2. The Morgan fingerprint density at radius 1 is 1.45 bits per heavy atom. The van der Waals surface area contributed by atoms with Gasteiger partial charge in [-0.05, 0) is 57.9 Å². The summed E-state index contributed by atoms with van der Waals surface area (Å²) in [5, 5.41) is 11.7. The van der Waals surface area contributed by atoms with Crippen LogP contribution in [0.3, 0.4) is 0 Å². The van der Waals surface area contributed by atoms with Gasteiger partial charge in [-0.15, -0.1) is 0 Å². The van der Waals surface area contributed by atoms with E-state index in [1.54, 1.807) is 24.3 Å². The van der Waals surface area contributed by atoms with Gasteiger partial charge in [0.05, 0.1) is 17.7 Å². The van der Waals surface area contributed by atoms with Crippen LogP contribution in [0.2, 0.25) is 0 Å². The molecule has 2 rings (SSSR count). The molecule has 106 valence electrons. The van der Waals surface area contributed by atoms with Crippen molar-refractivity contribution in [2.75, 3.05) is 12.4 Å². The largest absolute Gasteiger partial charge is 0.325 e. The molecule has 1 aliphatic carbocycles. The second-order valence-corrected chi connectivity index (χ2v) is 5.60. The van der Waals surface area contributed by atoms with Crippen LogP contribution in [0.15, 0.2) is 24.3 Å². The quantitative estimate of drug-likeness (QED) is 0.895. The third-order valence-corrected chi connectivity index (χ3v) is 4.20. The Kier molecular flexibility index (Phi) is 4.41. The second kappa shape index (κ2) is 6.06. The van der Waals surface area contributed by atoms with Crippen LogP contribution < -0.4 is 5.32 Å². The average Bonchev–Trinajstić information content (AvgIpc) is 3.29. The topological polar surface area (TPSA) is 56.1 Å². The van der Waals surface area contributed by atoms with Crippen LogP contribution in [0, 0.1) is 17.2 Å². The van der Waals surface area contributed by atoms with E-state index in [9.17, 15) is 4.79 Å². The zero-order valence-corrected chi connectivity index (χ0v) is 12.3. The van der Waals surface area contributed by atoms with Gasteiger partial charge in [0, 0.05) is 11.7 Å². The summed E-state index contributed by atoms with van der Waals surface area (Å²) in [5.41, 5.74) is 1.23. The SMILES string of the molecule is CC(C(=O)Nc1cccc(C#N)c1)N(C)C(C)C1CC1. The number of hydrogen-bond acceptors (Lipinski definition) is 3. The second-order valence-electron chi connectivity index (χ2n) is 5.60. The van der Waals surface area contributed by atoms with Gasteiger partial charge in [-0.2, -0.15) is 5.26 Å².